The van der Waals surface area contributed by atoms with Gasteiger partial charge in [-0.25, -0.2) is 12.8 Å². The minimum atomic E-state index is -3.77. The molecule has 2 aliphatic rings. The van der Waals surface area contributed by atoms with Crippen molar-refractivity contribution < 1.29 is 22.0 Å². The lowest BCUT2D eigenvalue weighted by atomic mass is 10.2. The maximum Gasteiger partial charge on any atom is 0.311 e. The van der Waals surface area contributed by atoms with Crippen LogP contribution >= 0.6 is 0 Å². The zero-order chi connectivity index (χ0) is 23.0. The van der Waals surface area contributed by atoms with Gasteiger partial charge in [-0.3, -0.25) is 4.79 Å². The summed E-state index contributed by atoms with van der Waals surface area (Å²) in [5.41, 5.74) is 0.778. The number of rotatable bonds is 5. The number of carbonyl (C=O) groups excluding carboxylic acids is 1. The lowest BCUT2D eigenvalue weighted by molar-refractivity contribution is 0.0754. The van der Waals surface area contributed by atoms with Gasteiger partial charge in [0, 0.05) is 45.5 Å². The first-order valence-electron chi connectivity index (χ1n) is 10.7. The van der Waals surface area contributed by atoms with Crippen molar-refractivity contribution in [2.24, 2.45) is 0 Å². The number of hydrogen-bond donors (Lipinski definition) is 1. The summed E-state index contributed by atoms with van der Waals surface area (Å²) in [7, 11) is -3.77. The lowest BCUT2D eigenvalue weighted by Gasteiger charge is -2.35. The number of nitrogens with one attached hydrogen (secondary N) is 1. The highest BCUT2D eigenvalue weighted by Crippen LogP contribution is 2.26. The number of aromatic nitrogens is 3. The number of para-hydroxylation sites is 1. The van der Waals surface area contributed by atoms with E-state index in [-0.39, 0.29) is 41.5 Å². The molecule has 33 heavy (non-hydrogen) atoms. The summed E-state index contributed by atoms with van der Waals surface area (Å²) in [4.78, 5) is 18.8. The molecule has 0 atom stereocenters. The van der Waals surface area contributed by atoms with E-state index in [1.807, 2.05) is 4.90 Å². The average Bonchev–Trinajstić information content (AvgIpc) is 3.60. The van der Waals surface area contributed by atoms with Gasteiger partial charge < -0.3 is 19.2 Å². The van der Waals surface area contributed by atoms with Crippen LogP contribution in [0.4, 0.5) is 10.1 Å². The van der Waals surface area contributed by atoms with E-state index in [0.29, 0.717) is 37.6 Å². The van der Waals surface area contributed by atoms with Gasteiger partial charge in [0.05, 0.1) is 5.69 Å². The summed E-state index contributed by atoms with van der Waals surface area (Å²) in [6, 6.07) is 7.87. The summed E-state index contributed by atoms with van der Waals surface area (Å²) >= 11 is 0. The Morgan fingerprint density at radius 1 is 1.03 bits per heavy atom. The van der Waals surface area contributed by atoms with Gasteiger partial charge in [0.1, 0.15) is 16.4 Å². The molecule has 0 aliphatic carbocycles. The fraction of sp³-hybridized carbons (Fsp3) is 0.381. The van der Waals surface area contributed by atoms with E-state index in [9.17, 15) is 17.6 Å². The van der Waals surface area contributed by atoms with Gasteiger partial charge in [-0.05, 0) is 31.0 Å². The fourth-order valence-electron chi connectivity index (χ4n) is 4.15. The molecule has 2 aliphatic heterocycles. The third-order valence-corrected chi connectivity index (χ3v) is 7.83. The van der Waals surface area contributed by atoms with Crippen molar-refractivity contribution in [2.45, 2.75) is 17.7 Å². The average molecular weight is 475 g/mol. The topological polar surface area (TPSA) is 116 Å². The second-order valence-electron chi connectivity index (χ2n) is 8.00. The molecule has 1 N–H and O–H groups in total. The van der Waals surface area contributed by atoms with Gasteiger partial charge in [0.2, 0.25) is 10.0 Å². The van der Waals surface area contributed by atoms with Crippen LogP contribution in [0.15, 0.2) is 45.8 Å². The SMILES string of the molecule is O=C(c1nnc(-c2cc(S(=O)(=O)N3CCN(c4ccccc4F)CC3)c[nH]2)o1)N1CCCC1. The number of halogens is 1. The Balaban J connectivity index is 1.28. The van der Waals surface area contributed by atoms with E-state index in [4.69, 9.17) is 4.42 Å². The van der Waals surface area contributed by atoms with E-state index >= 15 is 0 Å². The van der Waals surface area contributed by atoms with Gasteiger partial charge in [0.15, 0.2) is 0 Å². The molecule has 4 heterocycles. The van der Waals surface area contributed by atoms with E-state index < -0.39 is 10.0 Å². The normalized spacial score (nSPS) is 17.6. The highest BCUT2D eigenvalue weighted by molar-refractivity contribution is 7.89. The molecule has 3 aromatic rings. The number of likely N-dealkylation sites (tertiary alicyclic amines) is 1. The smallest absolute Gasteiger partial charge is 0.311 e. The van der Waals surface area contributed by atoms with Crippen LogP contribution in [0.1, 0.15) is 23.5 Å². The van der Waals surface area contributed by atoms with Gasteiger partial charge >= 0.3 is 11.8 Å². The first-order valence-corrected chi connectivity index (χ1v) is 12.2. The highest BCUT2D eigenvalue weighted by Gasteiger charge is 2.31. The molecule has 0 radical (unpaired) electrons. The number of nitrogens with zero attached hydrogens (tertiary/aromatic N) is 5. The van der Waals surface area contributed by atoms with Crippen LogP contribution in [0.3, 0.4) is 0 Å². The summed E-state index contributed by atoms with van der Waals surface area (Å²) < 4.78 is 47.1. The maximum absolute atomic E-state index is 14.1. The molecule has 2 aromatic heterocycles. The Kier molecular flexibility index (Phi) is 5.62. The third-order valence-electron chi connectivity index (χ3n) is 5.96. The Bertz CT molecular complexity index is 1260. The molecular weight excluding hydrogens is 451 g/mol. The minimum absolute atomic E-state index is 0.0448. The number of piperazine rings is 1. The van der Waals surface area contributed by atoms with E-state index in [0.717, 1.165) is 12.8 Å². The fourth-order valence-corrected chi connectivity index (χ4v) is 5.56. The first-order chi connectivity index (χ1) is 15.9. The molecule has 5 rings (SSSR count). The first kappa shape index (κ1) is 21.6. The summed E-state index contributed by atoms with van der Waals surface area (Å²) in [5, 5.41) is 7.71. The highest BCUT2D eigenvalue weighted by atomic mass is 32.2. The largest absolute Gasteiger partial charge is 0.411 e. The van der Waals surface area contributed by atoms with E-state index in [1.54, 1.807) is 23.1 Å². The van der Waals surface area contributed by atoms with Gasteiger partial charge in [0.25, 0.3) is 5.89 Å². The number of amides is 1. The molecule has 174 valence electrons. The van der Waals surface area contributed by atoms with Crippen molar-refractivity contribution in [1.82, 2.24) is 24.4 Å². The maximum atomic E-state index is 14.1. The predicted molar refractivity (Wildman–Crippen MR) is 117 cm³/mol. The Hall–Kier alpha value is -3.25. The Morgan fingerprint density at radius 2 is 1.76 bits per heavy atom. The summed E-state index contributed by atoms with van der Waals surface area (Å²) in [5.74, 6) is -0.719. The number of carbonyl (C=O) groups is 1. The quantitative estimate of drug-likeness (QED) is 0.601. The van der Waals surface area contributed by atoms with Crippen LogP contribution in [-0.2, 0) is 10.0 Å². The predicted octanol–water partition coefficient (Wildman–Crippen LogP) is 1.95. The van der Waals surface area contributed by atoms with E-state index in [2.05, 4.69) is 15.2 Å². The van der Waals surface area contributed by atoms with Crippen LogP contribution in [0.25, 0.3) is 11.6 Å². The van der Waals surface area contributed by atoms with Crippen molar-refractivity contribution in [1.29, 1.82) is 0 Å². The molecule has 2 saturated heterocycles. The Labute approximate surface area is 190 Å². The van der Waals surface area contributed by atoms with Gasteiger partial charge in [-0.2, -0.15) is 4.31 Å². The van der Waals surface area contributed by atoms with Crippen molar-refractivity contribution >= 4 is 21.6 Å². The number of aromatic amines is 1. The second-order valence-corrected chi connectivity index (χ2v) is 9.94. The summed E-state index contributed by atoms with van der Waals surface area (Å²) in [6.45, 7) is 2.53. The van der Waals surface area contributed by atoms with Crippen molar-refractivity contribution in [3.63, 3.8) is 0 Å². The molecule has 0 saturated carbocycles. The molecule has 2 fully saturated rings. The van der Waals surface area contributed by atoms with Crippen molar-refractivity contribution in [3.8, 4) is 11.6 Å². The number of benzene rings is 1. The van der Waals surface area contributed by atoms with Crippen LogP contribution in [0.5, 0.6) is 0 Å². The molecule has 10 nitrogen and oxygen atoms in total. The molecule has 1 amide bonds. The summed E-state index contributed by atoms with van der Waals surface area (Å²) in [6.07, 6.45) is 3.25. The molecule has 0 bridgehead atoms. The number of anilines is 1. The minimum Gasteiger partial charge on any atom is -0.411 e. The molecule has 0 unspecified atom stereocenters. The molecule has 0 spiro atoms. The zero-order valence-electron chi connectivity index (χ0n) is 17.8. The van der Waals surface area contributed by atoms with Crippen LogP contribution in [0.2, 0.25) is 0 Å². The molecule has 1 aromatic carbocycles. The second kappa shape index (κ2) is 8.60. The molecular formula is C21H23FN6O4S. The molecule has 12 heteroatoms. The Morgan fingerprint density at radius 3 is 2.48 bits per heavy atom. The lowest BCUT2D eigenvalue weighted by Crippen LogP contribution is -2.48. The van der Waals surface area contributed by atoms with Crippen LogP contribution in [0, 0.1) is 5.82 Å². The van der Waals surface area contributed by atoms with Crippen molar-refractivity contribution in [3.05, 3.63) is 48.2 Å². The zero-order valence-corrected chi connectivity index (χ0v) is 18.6. The van der Waals surface area contributed by atoms with E-state index in [1.165, 1.54) is 22.6 Å². The third kappa shape index (κ3) is 4.11. The number of sulfonamides is 1. The van der Waals surface area contributed by atoms with Crippen LogP contribution < -0.4 is 4.90 Å². The number of H-pyrrole nitrogens is 1. The number of hydrogen-bond acceptors (Lipinski definition) is 7. The van der Waals surface area contributed by atoms with Gasteiger partial charge in [-0.15, -0.1) is 10.2 Å². The van der Waals surface area contributed by atoms with Crippen molar-refractivity contribution in [2.75, 3.05) is 44.2 Å². The monoisotopic (exact) mass is 474 g/mol. The van der Waals surface area contributed by atoms with Crippen LogP contribution in [-0.4, -0.2) is 78.0 Å². The standard InChI is InChI=1S/C21H23FN6O4S/c22-16-5-1-2-6-18(16)26-9-11-28(12-10-26)33(30,31)15-13-17(23-14-15)19-24-25-20(32-19)21(29)27-7-3-4-8-27/h1-2,5-6,13-14,23H,3-4,7-12H2. The van der Waals surface area contributed by atoms with Gasteiger partial charge in [-0.1, -0.05) is 12.1 Å².